The number of hydrogen-bond acceptors (Lipinski definition) is 2. The lowest BCUT2D eigenvalue weighted by Crippen LogP contribution is -2.08. The second-order valence-electron chi connectivity index (χ2n) is 4.74. The minimum absolute atomic E-state index is 0.246. The van der Waals surface area contributed by atoms with Crippen LogP contribution in [0.5, 0.6) is 0 Å². The number of imidazole rings is 1. The van der Waals surface area contributed by atoms with Crippen LogP contribution in [0.3, 0.4) is 0 Å². The molecule has 0 unspecified atom stereocenters. The van der Waals surface area contributed by atoms with E-state index in [-0.39, 0.29) is 12.5 Å². The first kappa shape index (κ1) is 13.5. The van der Waals surface area contributed by atoms with Gasteiger partial charge in [-0.25, -0.2) is 4.98 Å². The summed E-state index contributed by atoms with van der Waals surface area (Å²) in [5.74, 6) is 0.286. The van der Waals surface area contributed by atoms with Crippen molar-refractivity contribution in [3.05, 3.63) is 59.7 Å². The van der Waals surface area contributed by atoms with Gasteiger partial charge in [0, 0.05) is 0 Å². The van der Waals surface area contributed by atoms with Crippen LogP contribution in [0.2, 0.25) is 0 Å². The SMILES string of the molecule is Nc1nc2ccccc2n1Cc1cccc(C(F)(F)F)c1. The molecule has 21 heavy (non-hydrogen) atoms. The van der Waals surface area contributed by atoms with Gasteiger partial charge in [-0.2, -0.15) is 13.2 Å². The molecular weight excluding hydrogens is 279 g/mol. The van der Waals surface area contributed by atoms with Gasteiger partial charge in [0.25, 0.3) is 0 Å². The minimum atomic E-state index is -4.35. The number of benzene rings is 2. The summed E-state index contributed by atoms with van der Waals surface area (Å²) >= 11 is 0. The van der Waals surface area contributed by atoms with Crippen molar-refractivity contribution in [3.8, 4) is 0 Å². The average Bonchev–Trinajstić information content (AvgIpc) is 2.75. The van der Waals surface area contributed by atoms with Crippen molar-refractivity contribution in [1.29, 1.82) is 0 Å². The van der Waals surface area contributed by atoms with Gasteiger partial charge in [-0.05, 0) is 29.8 Å². The Balaban J connectivity index is 2.01. The number of rotatable bonds is 2. The predicted octanol–water partition coefficient (Wildman–Crippen LogP) is 3.69. The monoisotopic (exact) mass is 291 g/mol. The number of aromatic nitrogens is 2. The molecular formula is C15H12F3N3. The predicted molar refractivity (Wildman–Crippen MR) is 74.7 cm³/mol. The van der Waals surface area contributed by atoms with Crippen LogP contribution in [0.25, 0.3) is 11.0 Å². The summed E-state index contributed by atoms with van der Waals surface area (Å²) < 4.78 is 39.9. The van der Waals surface area contributed by atoms with Crippen molar-refractivity contribution in [2.24, 2.45) is 0 Å². The molecule has 0 aliphatic rings. The van der Waals surface area contributed by atoms with Gasteiger partial charge in [-0.1, -0.05) is 24.3 Å². The van der Waals surface area contributed by atoms with Crippen molar-refractivity contribution < 1.29 is 13.2 Å². The molecule has 0 spiro atoms. The van der Waals surface area contributed by atoms with E-state index in [4.69, 9.17) is 5.73 Å². The van der Waals surface area contributed by atoms with Gasteiger partial charge in [-0.15, -0.1) is 0 Å². The molecule has 2 aromatic carbocycles. The van der Waals surface area contributed by atoms with Gasteiger partial charge >= 0.3 is 6.18 Å². The molecule has 1 aromatic heterocycles. The van der Waals surface area contributed by atoms with Gasteiger partial charge in [0.05, 0.1) is 23.1 Å². The van der Waals surface area contributed by atoms with Gasteiger partial charge in [0.2, 0.25) is 5.95 Å². The fraction of sp³-hybridized carbons (Fsp3) is 0.133. The molecule has 3 aromatic rings. The normalized spacial score (nSPS) is 12.0. The number of anilines is 1. The third-order valence-corrected chi connectivity index (χ3v) is 3.28. The van der Waals surface area contributed by atoms with Crippen molar-refractivity contribution in [1.82, 2.24) is 9.55 Å². The Morgan fingerprint density at radius 3 is 2.57 bits per heavy atom. The van der Waals surface area contributed by atoms with Crippen molar-refractivity contribution in [2.75, 3.05) is 5.73 Å². The van der Waals surface area contributed by atoms with Crippen molar-refractivity contribution in [2.45, 2.75) is 12.7 Å². The standard InChI is InChI=1S/C15H12F3N3/c16-15(17,18)11-5-3-4-10(8-11)9-21-13-7-2-1-6-12(13)20-14(21)19/h1-8H,9H2,(H2,19,20). The maximum atomic E-state index is 12.7. The molecule has 3 nitrogen and oxygen atoms in total. The molecule has 0 aliphatic heterocycles. The van der Waals surface area contributed by atoms with Gasteiger partial charge in [0.1, 0.15) is 0 Å². The van der Waals surface area contributed by atoms with Gasteiger partial charge in [-0.3, -0.25) is 0 Å². The number of nitrogens with zero attached hydrogens (tertiary/aromatic N) is 2. The van der Waals surface area contributed by atoms with E-state index < -0.39 is 11.7 Å². The van der Waals surface area contributed by atoms with Crippen LogP contribution in [0.4, 0.5) is 19.1 Å². The lowest BCUT2D eigenvalue weighted by atomic mass is 10.1. The number of halogens is 3. The van der Waals surface area contributed by atoms with Gasteiger partial charge in [0.15, 0.2) is 0 Å². The number of nitrogens with two attached hydrogens (primary N) is 1. The van der Waals surface area contributed by atoms with E-state index in [0.29, 0.717) is 5.56 Å². The summed E-state index contributed by atoms with van der Waals surface area (Å²) in [5, 5.41) is 0. The lowest BCUT2D eigenvalue weighted by Gasteiger charge is -2.10. The third kappa shape index (κ3) is 2.56. The number of nitrogen functional groups attached to an aromatic ring is 1. The number of fused-ring (bicyclic) bond motifs is 1. The third-order valence-electron chi connectivity index (χ3n) is 3.28. The van der Waals surface area contributed by atoms with Crippen LogP contribution in [0, 0.1) is 0 Å². The lowest BCUT2D eigenvalue weighted by molar-refractivity contribution is -0.137. The smallest absolute Gasteiger partial charge is 0.369 e. The van der Waals surface area contributed by atoms with Crippen LogP contribution < -0.4 is 5.73 Å². The first-order chi connectivity index (χ1) is 9.95. The molecule has 0 radical (unpaired) electrons. The first-order valence-corrected chi connectivity index (χ1v) is 6.32. The molecule has 0 aliphatic carbocycles. The van der Waals surface area contributed by atoms with Crippen molar-refractivity contribution in [3.63, 3.8) is 0 Å². The van der Waals surface area contributed by atoms with E-state index >= 15 is 0 Å². The average molecular weight is 291 g/mol. The largest absolute Gasteiger partial charge is 0.416 e. The summed E-state index contributed by atoms with van der Waals surface area (Å²) in [4.78, 5) is 4.20. The van der Waals surface area contributed by atoms with Crippen LogP contribution in [0.1, 0.15) is 11.1 Å². The molecule has 0 amide bonds. The molecule has 0 atom stereocenters. The zero-order valence-corrected chi connectivity index (χ0v) is 10.9. The topological polar surface area (TPSA) is 43.8 Å². The summed E-state index contributed by atoms with van der Waals surface area (Å²) in [6, 6.07) is 12.6. The Morgan fingerprint density at radius 2 is 1.81 bits per heavy atom. The van der Waals surface area contributed by atoms with Crippen LogP contribution in [0.15, 0.2) is 48.5 Å². The molecule has 3 rings (SSSR count). The highest BCUT2D eigenvalue weighted by atomic mass is 19.4. The highest BCUT2D eigenvalue weighted by molar-refractivity contribution is 5.78. The van der Waals surface area contributed by atoms with E-state index in [9.17, 15) is 13.2 Å². The van der Waals surface area contributed by atoms with E-state index in [1.54, 1.807) is 10.6 Å². The van der Waals surface area contributed by atoms with Crippen LogP contribution >= 0.6 is 0 Å². The van der Waals surface area contributed by atoms with Crippen LogP contribution in [-0.2, 0) is 12.7 Å². The number of para-hydroxylation sites is 2. The van der Waals surface area contributed by atoms with Crippen LogP contribution in [-0.4, -0.2) is 9.55 Å². The summed E-state index contributed by atoms with van der Waals surface area (Å²) in [5.41, 5.74) is 7.24. The quantitative estimate of drug-likeness (QED) is 0.782. The Bertz CT molecular complexity index is 790. The van der Waals surface area contributed by atoms with E-state index in [1.165, 1.54) is 6.07 Å². The Labute approximate surface area is 118 Å². The Hall–Kier alpha value is -2.50. The molecule has 0 saturated heterocycles. The Morgan fingerprint density at radius 1 is 1.05 bits per heavy atom. The summed E-state index contributed by atoms with van der Waals surface area (Å²) in [6.07, 6.45) is -4.35. The second kappa shape index (κ2) is 4.80. The molecule has 2 N–H and O–H groups in total. The number of hydrogen-bond donors (Lipinski definition) is 1. The molecule has 1 heterocycles. The zero-order valence-electron chi connectivity index (χ0n) is 10.9. The maximum Gasteiger partial charge on any atom is 0.416 e. The number of alkyl halides is 3. The summed E-state index contributed by atoms with van der Waals surface area (Å²) in [7, 11) is 0. The molecule has 0 saturated carbocycles. The minimum Gasteiger partial charge on any atom is -0.369 e. The molecule has 6 heteroatoms. The Kier molecular flexibility index (Phi) is 3.08. The fourth-order valence-electron chi connectivity index (χ4n) is 2.29. The van der Waals surface area contributed by atoms with E-state index in [2.05, 4.69) is 4.98 Å². The second-order valence-corrected chi connectivity index (χ2v) is 4.74. The molecule has 0 bridgehead atoms. The maximum absolute atomic E-state index is 12.7. The molecule has 0 fully saturated rings. The highest BCUT2D eigenvalue weighted by Crippen LogP contribution is 2.30. The van der Waals surface area contributed by atoms with E-state index in [1.807, 2.05) is 24.3 Å². The van der Waals surface area contributed by atoms with Crippen molar-refractivity contribution >= 4 is 17.0 Å². The zero-order chi connectivity index (χ0) is 15.0. The fourth-order valence-corrected chi connectivity index (χ4v) is 2.29. The van der Waals surface area contributed by atoms with Gasteiger partial charge < -0.3 is 10.3 Å². The highest BCUT2D eigenvalue weighted by Gasteiger charge is 2.30. The first-order valence-electron chi connectivity index (χ1n) is 6.32. The molecule has 108 valence electrons. The summed E-state index contributed by atoms with van der Waals surface area (Å²) in [6.45, 7) is 0.246. The van der Waals surface area contributed by atoms with E-state index in [0.717, 1.165) is 23.2 Å².